The zero-order chi connectivity index (χ0) is 10.5. The third kappa shape index (κ3) is 6.11. The topological polar surface area (TPSA) is 54.4 Å². The summed E-state index contributed by atoms with van der Waals surface area (Å²) in [5.74, 6) is 0.916. The number of thiol groups is 3. The molecule has 0 bridgehead atoms. The first kappa shape index (κ1) is 14.0. The molecule has 0 saturated heterocycles. The van der Waals surface area contributed by atoms with Crippen LogP contribution in [0.15, 0.2) is 0 Å². The lowest BCUT2D eigenvalue weighted by molar-refractivity contribution is 0.459. The van der Waals surface area contributed by atoms with E-state index in [4.69, 9.17) is 4.55 Å². The molecule has 0 aromatic heterocycles. The second-order valence-corrected chi connectivity index (χ2v) is 5.96. The maximum atomic E-state index is 10.8. The minimum absolute atomic E-state index is 0.116. The molecule has 0 heterocycles. The normalized spacial score (nSPS) is 16.9. The minimum Gasteiger partial charge on any atom is -0.285 e. The second-order valence-electron chi connectivity index (χ2n) is 2.72. The highest BCUT2D eigenvalue weighted by atomic mass is 32.2. The lowest BCUT2D eigenvalue weighted by Gasteiger charge is -2.15. The summed E-state index contributed by atoms with van der Waals surface area (Å²) < 4.78 is 30.5. The fourth-order valence-corrected chi connectivity index (χ4v) is 2.83. The van der Waals surface area contributed by atoms with Gasteiger partial charge in [-0.3, -0.25) is 4.55 Å². The van der Waals surface area contributed by atoms with Crippen LogP contribution in [-0.4, -0.2) is 35.0 Å². The molecule has 2 unspecified atom stereocenters. The van der Waals surface area contributed by atoms with Gasteiger partial charge in [0.1, 0.15) is 0 Å². The highest BCUT2D eigenvalue weighted by Gasteiger charge is 2.24. The minimum atomic E-state index is -3.96. The second kappa shape index (κ2) is 6.44. The van der Waals surface area contributed by atoms with Crippen molar-refractivity contribution in [2.75, 3.05) is 11.5 Å². The lowest BCUT2D eigenvalue weighted by Crippen LogP contribution is -2.25. The highest BCUT2D eigenvalue weighted by molar-refractivity contribution is 7.87. The maximum Gasteiger partial charge on any atom is 0.267 e. The molecule has 0 aliphatic rings. The highest BCUT2D eigenvalue weighted by Crippen LogP contribution is 2.16. The molecule has 0 saturated carbocycles. The fraction of sp³-hybridized carbons (Fsp3) is 1.00. The Morgan fingerprint density at radius 3 is 2.15 bits per heavy atom. The zero-order valence-corrected chi connectivity index (χ0v) is 10.5. The molecule has 3 nitrogen and oxygen atoms in total. The van der Waals surface area contributed by atoms with Gasteiger partial charge in [-0.25, -0.2) is 0 Å². The van der Waals surface area contributed by atoms with E-state index in [2.05, 4.69) is 37.9 Å². The Morgan fingerprint density at radius 1 is 1.31 bits per heavy atom. The molecule has 0 spiro atoms. The summed E-state index contributed by atoms with van der Waals surface area (Å²) in [4.78, 5) is 0. The molecule has 0 fully saturated rings. The number of rotatable bonds is 6. The van der Waals surface area contributed by atoms with E-state index in [1.807, 2.05) is 0 Å². The van der Waals surface area contributed by atoms with Gasteiger partial charge < -0.3 is 0 Å². The van der Waals surface area contributed by atoms with Gasteiger partial charge in [0.05, 0.1) is 5.25 Å². The Kier molecular flexibility index (Phi) is 6.92. The Balaban J connectivity index is 4.27. The van der Waals surface area contributed by atoms with E-state index in [1.54, 1.807) is 0 Å². The van der Waals surface area contributed by atoms with Gasteiger partial charge in [-0.2, -0.15) is 46.3 Å². The van der Waals surface area contributed by atoms with Crippen LogP contribution in [0.4, 0.5) is 0 Å². The summed E-state index contributed by atoms with van der Waals surface area (Å²) in [6, 6.07) is 0. The fourth-order valence-electron chi connectivity index (χ4n) is 0.910. The number of hydrogen-bond acceptors (Lipinski definition) is 5. The van der Waals surface area contributed by atoms with Crippen molar-refractivity contribution < 1.29 is 13.0 Å². The van der Waals surface area contributed by atoms with Crippen LogP contribution in [0.2, 0.25) is 0 Å². The van der Waals surface area contributed by atoms with E-state index in [1.165, 1.54) is 0 Å². The molecule has 1 N–H and O–H groups in total. The first-order valence-corrected chi connectivity index (χ1v) is 7.06. The molecular weight excluding hydrogens is 248 g/mol. The van der Waals surface area contributed by atoms with Crippen LogP contribution in [0.25, 0.3) is 0 Å². The van der Waals surface area contributed by atoms with Crippen LogP contribution in [-0.2, 0) is 10.1 Å². The quantitative estimate of drug-likeness (QED) is 0.429. The Morgan fingerprint density at radius 2 is 1.85 bits per heavy atom. The van der Waals surface area contributed by atoms with Crippen LogP contribution in [0.1, 0.15) is 12.8 Å². The molecule has 0 amide bonds. The van der Waals surface area contributed by atoms with Gasteiger partial charge in [-0.1, -0.05) is 0 Å². The van der Waals surface area contributed by atoms with E-state index in [-0.39, 0.29) is 5.25 Å². The predicted octanol–water partition coefficient (Wildman–Crippen LogP) is 1.18. The van der Waals surface area contributed by atoms with Crippen molar-refractivity contribution in [2.45, 2.75) is 23.3 Å². The molecule has 0 aromatic carbocycles. The smallest absolute Gasteiger partial charge is 0.267 e. The summed E-state index contributed by atoms with van der Waals surface area (Å²) >= 11 is 12.0. The summed E-state index contributed by atoms with van der Waals surface area (Å²) in [5.41, 5.74) is 0. The molecule has 7 heteroatoms. The first-order chi connectivity index (χ1) is 5.91. The van der Waals surface area contributed by atoms with Gasteiger partial charge >= 0.3 is 0 Å². The van der Waals surface area contributed by atoms with Gasteiger partial charge in [0.15, 0.2) is 0 Å². The third-order valence-corrected chi connectivity index (χ3v) is 4.27. The van der Waals surface area contributed by atoms with E-state index in [0.29, 0.717) is 24.3 Å². The van der Waals surface area contributed by atoms with Crippen molar-refractivity contribution in [2.24, 2.45) is 0 Å². The molecule has 2 atom stereocenters. The third-order valence-electron chi connectivity index (χ3n) is 1.62. The summed E-state index contributed by atoms with van der Waals surface area (Å²) in [6.45, 7) is 0. The van der Waals surface area contributed by atoms with Crippen molar-refractivity contribution in [3.63, 3.8) is 0 Å². The first-order valence-electron chi connectivity index (χ1n) is 3.78. The molecular formula is C6H14O3S4. The predicted molar refractivity (Wildman–Crippen MR) is 65.1 cm³/mol. The van der Waals surface area contributed by atoms with Crippen LogP contribution < -0.4 is 0 Å². The van der Waals surface area contributed by atoms with Gasteiger partial charge in [0, 0.05) is 11.0 Å². The Labute approximate surface area is 95.7 Å². The number of hydrogen-bond donors (Lipinski definition) is 4. The van der Waals surface area contributed by atoms with Crippen molar-refractivity contribution in [3.8, 4) is 0 Å². The summed E-state index contributed by atoms with van der Waals surface area (Å²) in [7, 11) is -3.96. The van der Waals surface area contributed by atoms with E-state index in [9.17, 15) is 8.42 Å². The van der Waals surface area contributed by atoms with Gasteiger partial charge in [0.25, 0.3) is 10.1 Å². The van der Waals surface area contributed by atoms with Crippen molar-refractivity contribution in [1.82, 2.24) is 0 Å². The van der Waals surface area contributed by atoms with E-state index < -0.39 is 15.4 Å². The van der Waals surface area contributed by atoms with Gasteiger partial charge in [0.2, 0.25) is 0 Å². The molecule has 13 heavy (non-hydrogen) atoms. The average Bonchev–Trinajstić information content (AvgIpc) is 2.01. The Bertz CT molecular complexity index is 226. The van der Waals surface area contributed by atoms with Crippen molar-refractivity contribution in [3.05, 3.63) is 0 Å². The molecule has 0 radical (unpaired) electrons. The molecule has 0 aliphatic carbocycles. The largest absolute Gasteiger partial charge is 0.285 e. The molecule has 0 aliphatic heterocycles. The maximum absolute atomic E-state index is 10.8. The van der Waals surface area contributed by atoms with Crippen molar-refractivity contribution >= 4 is 48.0 Å². The standard InChI is InChI=1S/C6H14O3S4/c7-13(8,9)6(1-2-10)3-5(12)4-11/h5-6,10-12H,1-4H2,(H,7,8,9). The zero-order valence-electron chi connectivity index (χ0n) is 7.00. The molecule has 80 valence electrons. The monoisotopic (exact) mass is 262 g/mol. The molecule has 0 rings (SSSR count). The lowest BCUT2D eigenvalue weighted by atomic mass is 10.2. The average molecular weight is 262 g/mol. The van der Waals surface area contributed by atoms with Crippen molar-refractivity contribution in [1.29, 1.82) is 0 Å². The van der Waals surface area contributed by atoms with Gasteiger partial charge in [-0.15, -0.1) is 0 Å². The van der Waals surface area contributed by atoms with Crippen LogP contribution in [0.3, 0.4) is 0 Å². The summed E-state index contributed by atoms with van der Waals surface area (Å²) in [6.07, 6.45) is 0.652. The van der Waals surface area contributed by atoms with E-state index >= 15 is 0 Å². The Hall–Kier alpha value is 0.960. The summed E-state index contributed by atoms with van der Waals surface area (Å²) in [5, 5.41) is -0.880. The SMILES string of the molecule is O=S(=O)(O)C(CCS)CC(S)CS. The van der Waals surface area contributed by atoms with Crippen LogP contribution in [0.5, 0.6) is 0 Å². The van der Waals surface area contributed by atoms with Crippen LogP contribution >= 0.6 is 37.9 Å². The van der Waals surface area contributed by atoms with Gasteiger partial charge in [-0.05, 0) is 18.6 Å². The molecule has 0 aromatic rings. The van der Waals surface area contributed by atoms with E-state index in [0.717, 1.165) is 0 Å². The van der Waals surface area contributed by atoms with Crippen LogP contribution in [0, 0.1) is 0 Å².